The Labute approximate surface area is 139 Å². The van der Waals surface area contributed by atoms with Gasteiger partial charge in [-0.1, -0.05) is 23.7 Å². The van der Waals surface area contributed by atoms with E-state index < -0.39 is 0 Å². The van der Waals surface area contributed by atoms with Gasteiger partial charge in [-0.15, -0.1) is 0 Å². The van der Waals surface area contributed by atoms with Gasteiger partial charge in [-0.2, -0.15) is 0 Å². The highest BCUT2D eigenvalue weighted by molar-refractivity contribution is 6.31. The highest BCUT2D eigenvalue weighted by Crippen LogP contribution is 2.20. The van der Waals surface area contributed by atoms with Gasteiger partial charge in [-0.3, -0.25) is 4.79 Å². The third-order valence-electron chi connectivity index (χ3n) is 3.69. The molecule has 3 N–H and O–H groups in total. The third kappa shape index (κ3) is 3.85. The zero-order valence-electron chi connectivity index (χ0n) is 12.5. The number of hydrogen-bond donors (Lipinski definition) is 3. The van der Waals surface area contributed by atoms with Crippen LogP contribution in [0.15, 0.2) is 48.5 Å². The standard InChI is InChI=1S/C18H17ClN2O2/c19-14-5-8-16-13(10-14)11-17(21-16)18(23)20-9-1-2-12-3-6-15(22)7-4-12/h3-8,10-11,21-22H,1-2,9H2,(H,20,23). The third-order valence-corrected chi connectivity index (χ3v) is 3.93. The average molecular weight is 329 g/mol. The van der Waals surface area contributed by atoms with Crippen LogP contribution in [0.2, 0.25) is 5.02 Å². The first-order valence-corrected chi connectivity index (χ1v) is 7.84. The number of phenols is 1. The lowest BCUT2D eigenvalue weighted by Gasteiger charge is -2.04. The number of aromatic hydroxyl groups is 1. The molecule has 0 aliphatic heterocycles. The van der Waals surface area contributed by atoms with Gasteiger partial charge < -0.3 is 15.4 Å². The largest absolute Gasteiger partial charge is 0.508 e. The average Bonchev–Trinajstić information content (AvgIpc) is 2.96. The molecule has 2 aromatic carbocycles. The molecule has 0 saturated carbocycles. The van der Waals surface area contributed by atoms with E-state index in [0.717, 1.165) is 29.3 Å². The molecule has 1 aromatic heterocycles. The van der Waals surface area contributed by atoms with Crippen molar-refractivity contribution in [2.45, 2.75) is 12.8 Å². The lowest BCUT2D eigenvalue weighted by molar-refractivity contribution is 0.0949. The molecule has 0 unspecified atom stereocenters. The maximum absolute atomic E-state index is 12.1. The number of amides is 1. The number of nitrogens with one attached hydrogen (secondary N) is 2. The van der Waals surface area contributed by atoms with Gasteiger partial charge in [0.05, 0.1) is 0 Å². The van der Waals surface area contributed by atoms with Crippen LogP contribution in [-0.4, -0.2) is 22.5 Å². The second kappa shape index (κ2) is 6.75. The van der Waals surface area contributed by atoms with Gasteiger partial charge >= 0.3 is 0 Å². The van der Waals surface area contributed by atoms with Crippen LogP contribution < -0.4 is 5.32 Å². The van der Waals surface area contributed by atoms with Gasteiger partial charge in [0, 0.05) is 22.5 Å². The molecular formula is C18H17ClN2O2. The van der Waals surface area contributed by atoms with Crippen LogP contribution in [0.25, 0.3) is 10.9 Å². The molecule has 0 aliphatic rings. The number of aromatic amines is 1. The number of carbonyl (C=O) groups excluding carboxylic acids is 1. The van der Waals surface area contributed by atoms with E-state index in [1.807, 2.05) is 24.3 Å². The maximum atomic E-state index is 12.1. The fourth-order valence-corrected chi connectivity index (χ4v) is 2.66. The number of hydrogen-bond acceptors (Lipinski definition) is 2. The summed E-state index contributed by atoms with van der Waals surface area (Å²) >= 11 is 5.95. The summed E-state index contributed by atoms with van der Waals surface area (Å²) in [4.78, 5) is 15.2. The van der Waals surface area contributed by atoms with Crippen LogP contribution >= 0.6 is 11.6 Å². The molecule has 3 aromatic rings. The SMILES string of the molecule is O=C(NCCCc1ccc(O)cc1)c1cc2cc(Cl)ccc2[nH]1. The molecule has 0 fully saturated rings. The fraction of sp³-hybridized carbons (Fsp3) is 0.167. The molecular weight excluding hydrogens is 312 g/mol. The van der Waals surface area contributed by atoms with Gasteiger partial charge in [0.15, 0.2) is 0 Å². The van der Waals surface area contributed by atoms with Crippen molar-refractivity contribution in [3.63, 3.8) is 0 Å². The number of fused-ring (bicyclic) bond motifs is 1. The molecule has 5 heteroatoms. The molecule has 0 spiro atoms. The maximum Gasteiger partial charge on any atom is 0.267 e. The molecule has 1 amide bonds. The second-order valence-electron chi connectivity index (χ2n) is 5.44. The first-order chi connectivity index (χ1) is 11.1. The van der Waals surface area contributed by atoms with Crippen LogP contribution in [-0.2, 0) is 6.42 Å². The van der Waals surface area contributed by atoms with Crippen molar-refractivity contribution in [3.8, 4) is 5.75 Å². The van der Waals surface area contributed by atoms with Gasteiger partial charge in [0.2, 0.25) is 0 Å². The predicted molar refractivity (Wildman–Crippen MR) is 92.1 cm³/mol. The summed E-state index contributed by atoms with van der Waals surface area (Å²) in [5, 5.41) is 13.7. The van der Waals surface area contributed by atoms with Crippen molar-refractivity contribution < 1.29 is 9.90 Å². The highest BCUT2D eigenvalue weighted by atomic mass is 35.5. The number of carbonyl (C=O) groups is 1. The van der Waals surface area contributed by atoms with Crippen molar-refractivity contribution in [1.82, 2.24) is 10.3 Å². The first-order valence-electron chi connectivity index (χ1n) is 7.46. The first kappa shape index (κ1) is 15.4. The fourth-order valence-electron chi connectivity index (χ4n) is 2.48. The van der Waals surface area contributed by atoms with Crippen LogP contribution in [0.5, 0.6) is 5.75 Å². The smallest absolute Gasteiger partial charge is 0.267 e. The topological polar surface area (TPSA) is 65.1 Å². The normalized spacial score (nSPS) is 10.8. The minimum Gasteiger partial charge on any atom is -0.508 e. The molecule has 0 atom stereocenters. The Morgan fingerprint density at radius 1 is 1.13 bits per heavy atom. The molecule has 0 aliphatic carbocycles. The van der Waals surface area contributed by atoms with Gasteiger partial charge in [0.25, 0.3) is 5.91 Å². The molecule has 0 radical (unpaired) electrons. The zero-order valence-corrected chi connectivity index (χ0v) is 13.2. The van der Waals surface area contributed by atoms with Crippen LogP contribution in [0, 0.1) is 0 Å². The second-order valence-corrected chi connectivity index (χ2v) is 5.88. The number of halogens is 1. The number of benzene rings is 2. The highest BCUT2D eigenvalue weighted by Gasteiger charge is 2.09. The van der Waals surface area contributed by atoms with Gasteiger partial charge in [-0.25, -0.2) is 0 Å². The molecule has 3 rings (SSSR count). The Kier molecular flexibility index (Phi) is 4.53. The predicted octanol–water partition coefficient (Wildman–Crippen LogP) is 3.89. The minimum atomic E-state index is -0.122. The Hall–Kier alpha value is -2.46. The van der Waals surface area contributed by atoms with Crippen molar-refractivity contribution in [1.29, 1.82) is 0 Å². The van der Waals surface area contributed by atoms with Gasteiger partial charge in [-0.05, 0) is 54.8 Å². The van der Waals surface area contributed by atoms with E-state index >= 15 is 0 Å². The Balaban J connectivity index is 1.53. The number of phenolic OH excluding ortho intramolecular Hbond substituents is 1. The van der Waals surface area contributed by atoms with Gasteiger partial charge in [0.1, 0.15) is 11.4 Å². The van der Waals surface area contributed by atoms with Crippen LogP contribution in [0.3, 0.4) is 0 Å². The summed E-state index contributed by atoms with van der Waals surface area (Å²) in [5.74, 6) is 0.143. The van der Waals surface area contributed by atoms with Crippen LogP contribution in [0.1, 0.15) is 22.5 Å². The lowest BCUT2D eigenvalue weighted by Crippen LogP contribution is -2.25. The van der Waals surface area contributed by atoms with Crippen molar-refractivity contribution in [2.24, 2.45) is 0 Å². The van der Waals surface area contributed by atoms with E-state index in [9.17, 15) is 9.90 Å². The van der Waals surface area contributed by atoms with E-state index in [1.165, 1.54) is 0 Å². The Morgan fingerprint density at radius 3 is 2.70 bits per heavy atom. The quantitative estimate of drug-likeness (QED) is 0.622. The van der Waals surface area contributed by atoms with E-state index in [0.29, 0.717) is 17.3 Å². The van der Waals surface area contributed by atoms with E-state index in [4.69, 9.17) is 11.6 Å². The summed E-state index contributed by atoms with van der Waals surface area (Å²) < 4.78 is 0. The number of rotatable bonds is 5. The summed E-state index contributed by atoms with van der Waals surface area (Å²) in [6, 6.07) is 14.4. The van der Waals surface area contributed by atoms with E-state index in [-0.39, 0.29) is 11.7 Å². The van der Waals surface area contributed by atoms with Crippen molar-refractivity contribution in [3.05, 3.63) is 64.8 Å². The zero-order chi connectivity index (χ0) is 16.2. The van der Waals surface area contributed by atoms with Crippen molar-refractivity contribution >= 4 is 28.4 Å². The van der Waals surface area contributed by atoms with Crippen molar-refractivity contribution in [2.75, 3.05) is 6.54 Å². The molecule has 4 nitrogen and oxygen atoms in total. The number of aryl methyl sites for hydroxylation is 1. The lowest BCUT2D eigenvalue weighted by atomic mass is 10.1. The molecule has 0 bridgehead atoms. The molecule has 118 valence electrons. The van der Waals surface area contributed by atoms with Crippen LogP contribution in [0.4, 0.5) is 0 Å². The molecule has 23 heavy (non-hydrogen) atoms. The van der Waals surface area contributed by atoms with E-state index in [1.54, 1.807) is 24.3 Å². The Bertz CT molecular complexity index is 825. The summed E-state index contributed by atoms with van der Waals surface area (Å²) in [6.07, 6.45) is 1.69. The number of aromatic nitrogens is 1. The summed E-state index contributed by atoms with van der Waals surface area (Å²) in [7, 11) is 0. The monoisotopic (exact) mass is 328 g/mol. The summed E-state index contributed by atoms with van der Waals surface area (Å²) in [6.45, 7) is 0.593. The Morgan fingerprint density at radius 2 is 1.91 bits per heavy atom. The summed E-state index contributed by atoms with van der Waals surface area (Å²) in [5.41, 5.74) is 2.56. The molecule has 0 saturated heterocycles. The minimum absolute atomic E-state index is 0.122. The van der Waals surface area contributed by atoms with E-state index in [2.05, 4.69) is 10.3 Å². The number of H-pyrrole nitrogens is 1. The molecule has 1 heterocycles.